The Hall–Kier alpha value is -0.610. The third-order valence-corrected chi connectivity index (χ3v) is 4.99. The normalized spacial score (nSPS) is 22.2. The second-order valence-electron chi connectivity index (χ2n) is 7.52. The molecule has 2 fully saturated rings. The summed E-state index contributed by atoms with van der Waals surface area (Å²) >= 11 is 0. The Labute approximate surface area is 175 Å². The van der Waals surface area contributed by atoms with Gasteiger partial charge >= 0.3 is 0 Å². The maximum absolute atomic E-state index is 11.8. The van der Waals surface area contributed by atoms with Crippen molar-refractivity contribution in [3.63, 3.8) is 0 Å². The van der Waals surface area contributed by atoms with E-state index in [4.69, 9.17) is 4.74 Å². The van der Waals surface area contributed by atoms with Gasteiger partial charge in [0.1, 0.15) is 6.54 Å². The van der Waals surface area contributed by atoms with Gasteiger partial charge in [-0.05, 0) is 39.5 Å². The monoisotopic (exact) mass is 481 g/mol. The summed E-state index contributed by atoms with van der Waals surface area (Å²) in [4.78, 5) is 20.4. The van der Waals surface area contributed by atoms with Crippen LogP contribution in [0.15, 0.2) is 4.99 Å². The summed E-state index contributed by atoms with van der Waals surface area (Å²) in [7, 11) is 3.51. The lowest BCUT2D eigenvalue weighted by Gasteiger charge is -2.35. The highest BCUT2D eigenvalue weighted by Gasteiger charge is 2.22. The molecule has 0 aromatic rings. The molecule has 26 heavy (non-hydrogen) atoms. The molecule has 8 heteroatoms. The van der Waals surface area contributed by atoms with Crippen molar-refractivity contribution >= 4 is 35.8 Å². The number of aliphatic imine (C=N–C) groups is 1. The number of piperidine rings is 1. The van der Waals surface area contributed by atoms with Crippen LogP contribution in [0, 0.1) is 0 Å². The smallest absolute Gasteiger partial charge is 0.243 e. The van der Waals surface area contributed by atoms with Gasteiger partial charge in [-0.25, -0.2) is 4.99 Å². The van der Waals surface area contributed by atoms with E-state index in [9.17, 15) is 4.79 Å². The molecule has 2 N–H and O–H groups in total. The number of hydrogen-bond donors (Lipinski definition) is 2. The molecule has 1 amide bonds. The number of amides is 1. The third kappa shape index (κ3) is 7.96. The van der Waals surface area contributed by atoms with Gasteiger partial charge in [-0.3, -0.25) is 4.79 Å². The molecule has 0 aliphatic carbocycles. The van der Waals surface area contributed by atoms with Gasteiger partial charge in [-0.1, -0.05) is 0 Å². The van der Waals surface area contributed by atoms with E-state index in [0.717, 1.165) is 57.9 Å². The van der Waals surface area contributed by atoms with E-state index in [0.29, 0.717) is 12.1 Å². The molecule has 2 saturated heterocycles. The Kier molecular flexibility index (Phi) is 10.8. The number of hydrogen-bond acceptors (Lipinski definition) is 4. The lowest BCUT2D eigenvalue weighted by atomic mass is 10.0. The van der Waals surface area contributed by atoms with Crippen molar-refractivity contribution in [2.75, 3.05) is 46.9 Å². The maximum atomic E-state index is 11.8. The van der Waals surface area contributed by atoms with E-state index in [2.05, 4.69) is 34.4 Å². The summed E-state index contributed by atoms with van der Waals surface area (Å²) < 4.78 is 5.67. The van der Waals surface area contributed by atoms with E-state index in [1.54, 1.807) is 19.0 Å². The number of carbonyl (C=O) groups excluding carboxylic acids is 1. The van der Waals surface area contributed by atoms with Gasteiger partial charge in [-0.15, -0.1) is 24.0 Å². The minimum atomic E-state index is 0. The first-order valence-electron chi connectivity index (χ1n) is 9.56. The summed E-state index contributed by atoms with van der Waals surface area (Å²) in [6.45, 7) is 8.45. The zero-order chi connectivity index (χ0) is 18.2. The van der Waals surface area contributed by atoms with Crippen LogP contribution >= 0.6 is 24.0 Å². The number of guanidine groups is 1. The molecule has 0 aromatic carbocycles. The zero-order valence-corrected chi connectivity index (χ0v) is 19.0. The van der Waals surface area contributed by atoms with Gasteiger partial charge in [-0.2, -0.15) is 0 Å². The van der Waals surface area contributed by atoms with E-state index >= 15 is 0 Å². The summed E-state index contributed by atoms with van der Waals surface area (Å²) in [5.41, 5.74) is 0. The Balaban J connectivity index is 0.00000338. The molecule has 1 atom stereocenters. The van der Waals surface area contributed by atoms with Crippen molar-refractivity contribution in [1.82, 2.24) is 20.4 Å². The van der Waals surface area contributed by atoms with Crippen molar-refractivity contribution in [2.24, 2.45) is 4.99 Å². The number of halogens is 1. The van der Waals surface area contributed by atoms with Gasteiger partial charge in [0.15, 0.2) is 5.96 Å². The molecule has 0 saturated carbocycles. The van der Waals surface area contributed by atoms with Crippen LogP contribution in [-0.2, 0) is 9.53 Å². The maximum Gasteiger partial charge on any atom is 0.243 e. The van der Waals surface area contributed by atoms with Crippen LogP contribution in [0.3, 0.4) is 0 Å². The van der Waals surface area contributed by atoms with Crippen LogP contribution < -0.4 is 10.6 Å². The Morgan fingerprint density at radius 2 is 1.96 bits per heavy atom. The van der Waals surface area contributed by atoms with E-state index in [-0.39, 0.29) is 42.5 Å². The summed E-state index contributed by atoms with van der Waals surface area (Å²) in [5, 5.41) is 6.89. The van der Waals surface area contributed by atoms with Crippen LogP contribution in [0.2, 0.25) is 0 Å². The molecule has 152 valence electrons. The standard InChI is InChI=1S/C18H35N5O2.HI/c1-14(2)23-9-7-15(8-10-23)21-18(20-13-17(24)22(3)4)19-12-16-6-5-11-25-16;/h14-16H,5-13H2,1-4H3,(H2,19,20,21);1H. The molecule has 7 nitrogen and oxygen atoms in total. The van der Waals surface area contributed by atoms with E-state index < -0.39 is 0 Å². The number of likely N-dealkylation sites (tertiary alicyclic amines) is 1. The van der Waals surface area contributed by atoms with Gasteiger partial charge < -0.3 is 25.2 Å². The lowest BCUT2D eigenvalue weighted by molar-refractivity contribution is -0.127. The number of nitrogens with zero attached hydrogens (tertiary/aromatic N) is 3. The first kappa shape index (κ1) is 23.4. The van der Waals surface area contributed by atoms with E-state index in [1.807, 2.05) is 0 Å². The van der Waals surface area contributed by atoms with Crippen molar-refractivity contribution in [1.29, 1.82) is 0 Å². The Bertz CT molecular complexity index is 445. The number of ether oxygens (including phenoxy) is 1. The first-order valence-corrected chi connectivity index (χ1v) is 9.56. The molecule has 2 heterocycles. The molecule has 1 unspecified atom stereocenters. The van der Waals surface area contributed by atoms with Crippen LogP contribution in [0.25, 0.3) is 0 Å². The quantitative estimate of drug-likeness (QED) is 0.340. The minimum Gasteiger partial charge on any atom is -0.376 e. The Morgan fingerprint density at radius 3 is 2.50 bits per heavy atom. The molecular formula is C18H36IN5O2. The highest BCUT2D eigenvalue weighted by Crippen LogP contribution is 2.13. The third-order valence-electron chi connectivity index (χ3n) is 4.99. The van der Waals surface area contributed by atoms with Gasteiger partial charge in [0.2, 0.25) is 5.91 Å². The molecule has 0 spiro atoms. The van der Waals surface area contributed by atoms with Gasteiger partial charge in [0.25, 0.3) is 0 Å². The Morgan fingerprint density at radius 1 is 1.27 bits per heavy atom. The topological polar surface area (TPSA) is 69.2 Å². The van der Waals surface area contributed by atoms with Gasteiger partial charge in [0.05, 0.1) is 6.10 Å². The fourth-order valence-corrected chi connectivity index (χ4v) is 3.21. The molecule has 0 bridgehead atoms. The zero-order valence-electron chi connectivity index (χ0n) is 16.7. The highest BCUT2D eigenvalue weighted by molar-refractivity contribution is 14.0. The fourth-order valence-electron chi connectivity index (χ4n) is 3.21. The van der Waals surface area contributed by atoms with Crippen LogP contribution in [0.5, 0.6) is 0 Å². The second kappa shape index (κ2) is 12.0. The van der Waals surface area contributed by atoms with Crippen LogP contribution in [0.1, 0.15) is 39.5 Å². The van der Waals surface area contributed by atoms with Gasteiger partial charge in [0, 0.05) is 52.4 Å². The number of likely N-dealkylation sites (N-methyl/N-ethyl adjacent to an activating group) is 1. The van der Waals surface area contributed by atoms with Crippen molar-refractivity contribution in [2.45, 2.75) is 57.7 Å². The average molecular weight is 481 g/mol. The molecule has 0 aromatic heterocycles. The molecule has 2 rings (SSSR count). The molecule has 2 aliphatic rings. The minimum absolute atomic E-state index is 0. The fraction of sp³-hybridized carbons (Fsp3) is 0.889. The van der Waals surface area contributed by atoms with E-state index in [1.165, 1.54) is 0 Å². The molecule has 0 radical (unpaired) electrons. The van der Waals surface area contributed by atoms with Crippen LogP contribution in [-0.4, -0.2) is 86.7 Å². The van der Waals surface area contributed by atoms with Crippen molar-refractivity contribution in [3.05, 3.63) is 0 Å². The summed E-state index contributed by atoms with van der Waals surface area (Å²) in [5.74, 6) is 0.738. The lowest BCUT2D eigenvalue weighted by Crippen LogP contribution is -2.51. The average Bonchev–Trinajstić information content (AvgIpc) is 3.10. The number of rotatable bonds is 6. The van der Waals surface area contributed by atoms with Crippen LogP contribution in [0.4, 0.5) is 0 Å². The first-order chi connectivity index (χ1) is 12.0. The SMILES string of the molecule is CC(C)N1CCC(NC(=NCC(=O)N(C)C)NCC2CCCO2)CC1.I. The van der Waals surface area contributed by atoms with Crippen molar-refractivity contribution < 1.29 is 9.53 Å². The number of carbonyl (C=O) groups is 1. The predicted octanol–water partition coefficient (Wildman–Crippen LogP) is 1.28. The molecular weight excluding hydrogens is 445 g/mol. The van der Waals surface area contributed by atoms with Crippen molar-refractivity contribution in [3.8, 4) is 0 Å². The predicted molar refractivity (Wildman–Crippen MR) is 116 cm³/mol. The second-order valence-corrected chi connectivity index (χ2v) is 7.52. The largest absolute Gasteiger partial charge is 0.376 e. The summed E-state index contributed by atoms with van der Waals surface area (Å²) in [6.07, 6.45) is 4.66. The highest BCUT2D eigenvalue weighted by atomic mass is 127. The number of nitrogens with one attached hydrogen (secondary N) is 2. The summed E-state index contributed by atoms with van der Waals surface area (Å²) in [6, 6.07) is 1.00. The molecule has 2 aliphatic heterocycles.